The summed E-state index contributed by atoms with van der Waals surface area (Å²) in [7, 11) is 3.36. The van der Waals surface area contributed by atoms with Gasteiger partial charge in [0.1, 0.15) is 0 Å². The predicted octanol–water partition coefficient (Wildman–Crippen LogP) is 3.59. The second-order valence-electron chi connectivity index (χ2n) is 7.14. The normalized spacial score (nSPS) is 17.4. The summed E-state index contributed by atoms with van der Waals surface area (Å²) < 4.78 is 10.9. The first-order chi connectivity index (χ1) is 13.2. The van der Waals surface area contributed by atoms with E-state index in [2.05, 4.69) is 46.0 Å². The van der Waals surface area contributed by atoms with E-state index in [1.165, 1.54) is 30.5 Å². The lowest BCUT2D eigenvalue weighted by atomic mass is 10.1. The van der Waals surface area contributed by atoms with Gasteiger partial charge < -0.3 is 9.47 Å². The van der Waals surface area contributed by atoms with Crippen LogP contribution in [-0.2, 0) is 13.1 Å². The van der Waals surface area contributed by atoms with E-state index in [-0.39, 0.29) is 0 Å². The lowest BCUT2D eigenvalue weighted by Crippen LogP contribution is -2.39. The molecule has 0 unspecified atom stereocenters. The van der Waals surface area contributed by atoms with Gasteiger partial charge in [-0.05, 0) is 61.3 Å². The molecule has 0 radical (unpaired) electrons. The zero-order valence-corrected chi connectivity index (χ0v) is 16.7. The Morgan fingerprint density at radius 3 is 2.48 bits per heavy atom. The first-order valence-corrected chi connectivity index (χ1v) is 9.79. The van der Waals surface area contributed by atoms with Crippen LogP contribution in [-0.4, -0.2) is 54.7 Å². The molecule has 0 aliphatic carbocycles. The number of ether oxygens (including phenoxy) is 2. The number of benzene rings is 1. The number of aromatic nitrogens is 1. The summed E-state index contributed by atoms with van der Waals surface area (Å²) in [5.41, 5.74) is 2.54. The Morgan fingerprint density at radius 2 is 1.78 bits per heavy atom. The second kappa shape index (κ2) is 9.72. The molecular formula is C22H31N3O2. The number of hydrogen-bond acceptors (Lipinski definition) is 5. The first kappa shape index (κ1) is 19.6. The zero-order valence-electron chi connectivity index (χ0n) is 16.7. The third kappa shape index (κ3) is 5.21. The molecule has 2 heterocycles. The summed E-state index contributed by atoms with van der Waals surface area (Å²) in [6.45, 7) is 7.50. The third-order valence-corrected chi connectivity index (χ3v) is 5.38. The first-order valence-electron chi connectivity index (χ1n) is 9.79. The van der Waals surface area contributed by atoms with Crippen molar-refractivity contribution in [3.63, 3.8) is 0 Å². The highest BCUT2D eigenvalue weighted by atomic mass is 16.5. The smallest absolute Gasteiger partial charge is 0.161 e. The molecule has 2 aromatic rings. The van der Waals surface area contributed by atoms with Crippen LogP contribution in [0.3, 0.4) is 0 Å². The van der Waals surface area contributed by atoms with Crippen LogP contribution < -0.4 is 9.47 Å². The molecular weight excluding hydrogens is 338 g/mol. The van der Waals surface area contributed by atoms with Gasteiger partial charge in [0.15, 0.2) is 11.5 Å². The Hall–Kier alpha value is -2.11. The molecule has 0 bridgehead atoms. The minimum absolute atomic E-state index is 0.636. The van der Waals surface area contributed by atoms with Gasteiger partial charge in [0, 0.05) is 38.1 Å². The fourth-order valence-electron chi connectivity index (χ4n) is 3.98. The third-order valence-electron chi connectivity index (χ3n) is 5.38. The van der Waals surface area contributed by atoms with Gasteiger partial charge in [-0.15, -0.1) is 0 Å². The maximum Gasteiger partial charge on any atom is 0.161 e. The van der Waals surface area contributed by atoms with Gasteiger partial charge >= 0.3 is 0 Å². The predicted molar refractivity (Wildman–Crippen MR) is 108 cm³/mol. The molecule has 1 aliphatic heterocycles. The molecule has 1 aliphatic rings. The number of likely N-dealkylation sites (tertiary alicyclic amines) is 1. The highest BCUT2D eigenvalue weighted by Crippen LogP contribution is 2.28. The fourth-order valence-corrected chi connectivity index (χ4v) is 3.98. The molecule has 1 aromatic heterocycles. The van der Waals surface area contributed by atoms with E-state index in [1.54, 1.807) is 14.2 Å². The van der Waals surface area contributed by atoms with Crippen molar-refractivity contribution < 1.29 is 9.47 Å². The molecule has 27 heavy (non-hydrogen) atoms. The minimum atomic E-state index is 0.636. The van der Waals surface area contributed by atoms with Gasteiger partial charge in [0.25, 0.3) is 0 Å². The maximum atomic E-state index is 5.48. The summed E-state index contributed by atoms with van der Waals surface area (Å²) in [6, 6.07) is 11.1. The monoisotopic (exact) mass is 369 g/mol. The average molecular weight is 370 g/mol. The Kier molecular flexibility index (Phi) is 7.07. The van der Waals surface area contributed by atoms with Crippen molar-refractivity contribution in [2.45, 2.75) is 38.9 Å². The van der Waals surface area contributed by atoms with Crippen LogP contribution in [0.15, 0.2) is 42.7 Å². The molecule has 0 N–H and O–H groups in total. The van der Waals surface area contributed by atoms with E-state index in [9.17, 15) is 0 Å². The number of pyridine rings is 1. The van der Waals surface area contributed by atoms with Crippen LogP contribution in [0.2, 0.25) is 0 Å². The molecule has 146 valence electrons. The Bertz CT molecular complexity index is 708. The molecule has 1 atom stereocenters. The summed E-state index contributed by atoms with van der Waals surface area (Å²) in [6.07, 6.45) is 6.33. The van der Waals surface area contributed by atoms with Crippen molar-refractivity contribution in [1.29, 1.82) is 0 Å². The van der Waals surface area contributed by atoms with Crippen molar-refractivity contribution in [3.05, 3.63) is 53.9 Å². The molecule has 1 aromatic carbocycles. The number of nitrogens with zero attached hydrogens (tertiary/aromatic N) is 3. The van der Waals surface area contributed by atoms with Crippen LogP contribution >= 0.6 is 0 Å². The highest BCUT2D eigenvalue weighted by molar-refractivity contribution is 5.42. The van der Waals surface area contributed by atoms with E-state index < -0.39 is 0 Å². The van der Waals surface area contributed by atoms with Gasteiger partial charge in [0.05, 0.1) is 14.2 Å². The molecule has 0 spiro atoms. The SMILES string of the molecule is CCN1CCC[C@@H]1CN(Cc1ccncc1)Cc1ccc(OC)c(OC)c1. The molecule has 3 rings (SSSR count). The van der Waals surface area contributed by atoms with E-state index in [0.29, 0.717) is 6.04 Å². The minimum Gasteiger partial charge on any atom is -0.493 e. The fraction of sp³-hybridized carbons (Fsp3) is 0.500. The summed E-state index contributed by atoms with van der Waals surface area (Å²) in [4.78, 5) is 9.29. The van der Waals surface area contributed by atoms with E-state index >= 15 is 0 Å². The highest BCUT2D eigenvalue weighted by Gasteiger charge is 2.25. The summed E-state index contributed by atoms with van der Waals surface area (Å²) in [5, 5.41) is 0. The lowest BCUT2D eigenvalue weighted by molar-refractivity contribution is 0.166. The summed E-state index contributed by atoms with van der Waals surface area (Å²) >= 11 is 0. The van der Waals surface area contributed by atoms with E-state index in [1.807, 2.05) is 18.5 Å². The molecule has 5 nitrogen and oxygen atoms in total. The van der Waals surface area contributed by atoms with Gasteiger partial charge in [-0.3, -0.25) is 14.8 Å². The Labute approximate surface area is 162 Å². The standard InChI is InChI=1S/C22H31N3O2/c1-4-25-13-5-6-20(25)17-24(15-18-9-11-23-12-10-18)16-19-7-8-21(26-2)22(14-19)27-3/h7-12,14,20H,4-6,13,15-17H2,1-3H3/t20-/m1/s1. The van der Waals surface area contributed by atoms with Gasteiger partial charge in [-0.2, -0.15) is 0 Å². The number of rotatable bonds is 9. The lowest BCUT2D eigenvalue weighted by Gasteiger charge is -2.30. The molecule has 1 saturated heterocycles. The zero-order chi connectivity index (χ0) is 19.1. The molecule has 5 heteroatoms. The van der Waals surface area contributed by atoms with Crippen LogP contribution in [0.1, 0.15) is 30.9 Å². The second-order valence-corrected chi connectivity index (χ2v) is 7.14. The van der Waals surface area contributed by atoms with Crippen molar-refractivity contribution in [1.82, 2.24) is 14.8 Å². The van der Waals surface area contributed by atoms with Crippen LogP contribution in [0.4, 0.5) is 0 Å². The van der Waals surface area contributed by atoms with Gasteiger partial charge in [-0.1, -0.05) is 13.0 Å². The molecule has 1 fully saturated rings. The maximum absolute atomic E-state index is 5.48. The van der Waals surface area contributed by atoms with Gasteiger partial charge in [-0.25, -0.2) is 0 Å². The number of methoxy groups -OCH3 is 2. The van der Waals surface area contributed by atoms with Crippen molar-refractivity contribution in [2.75, 3.05) is 33.9 Å². The quantitative estimate of drug-likeness (QED) is 0.675. The van der Waals surface area contributed by atoms with Crippen molar-refractivity contribution in [3.8, 4) is 11.5 Å². The van der Waals surface area contributed by atoms with Crippen molar-refractivity contribution >= 4 is 0 Å². The van der Waals surface area contributed by atoms with E-state index in [0.717, 1.165) is 37.7 Å². The van der Waals surface area contributed by atoms with Crippen LogP contribution in [0.5, 0.6) is 11.5 Å². The number of hydrogen-bond donors (Lipinski definition) is 0. The Morgan fingerprint density at radius 1 is 1.04 bits per heavy atom. The Balaban J connectivity index is 1.76. The van der Waals surface area contributed by atoms with Crippen LogP contribution in [0, 0.1) is 0 Å². The molecule has 0 amide bonds. The van der Waals surface area contributed by atoms with Gasteiger partial charge in [0.2, 0.25) is 0 Å². The van der Waals surface area contributed by atoms with E-state index in [4.69, 9.17) is 9.47 Å². The topological polar surface area (TPSA) is 37.8 Å². The largest absolute Gasteiger partial charge is 0.493 e. The average Bonchev–Trinajstić information content (AvgIpc) is 3.15. The number of likely N-dealkylation sites (N-methyl/N-ethyl adjacent to an activating group) is 1. The molecule has 0 saturated carbocycles. The van der Waals surface area contributed by atoms with Crippen molar-refractivity contribution in [2.24, 2.45) is 0 Å². The van der Waals surface area contributed by atoms with Crippen LogP contribution in [0.25, 0.3) is 0 Å². The summed E-state index contributed by atoms with van der Waals surface area (Å²) in [5.74, 6) is 1.56.